The molecule has 0 N–H and O–H groups in total. The highest BCUT2D eigenvalue weighted by molar-refractivity contribution is 7.15. The second-order valence-corrected chi connectivity index (χ2v) is 5.69. The SMILES string of the molecule is O=c1c(=Cc2ccc(F)cc2)sc2nc3ccccc3n12. The molecule has 0 radical (unpaired) electrons. The van der Waals surface area contributed by atoms with Crippen LogP contribution < -0.4 is 10.1 Å². The van der Waals surface area contributed by atoms with Crippen molar-refractivity contribution in [1.82, 2.24) is 9.38 Å². The van der Waals surface area contributed by atoms with Crippen LogP contribution in [0.25, 0.3) is 22.1 Å². The van der Waals surface area contributed by atoms with E-state index in [0.717, 1.165) is 16.6 Å². The molecule has 2 aromatic heterocycles. The molecule has 0 atom stereocenters. The van der Waals surface area contributed by atoms with Crippen LogP contribution in [0.1, 0.15) is 5.56 Å². The van der Waals surface area contributed by atoms with Crippen LogP contribution in [0.2, 0.25) is 0 Å². The molecule has 5 heteroatoms. The third-order valence-electron chi connectivity index (χ3n) is 3.31. The number of thiazole rings is 1. The summed E-state index contributed by atoms with van der Waals surface area (Å²) in [6.07, 6.45) is 1.76. The molecule has 0 aliphatic rings. The third kappa shape index (κ3) is 1.94. The van der Waals surface area contributed by atoms with E-state index in [2.05, 4.69) is 4.98 Å². The van der Waals surface area contributed by atoms with Gasteiger partial charge in [0.2, 0.25) is 0 Å². The predicted molar refractivity (Wildman–Crippen MR) is 82.0 cm³/mol. The molecule has 0 unspecified atom stereocenters. The van der Waals surface area contributed by atoms with Gasteiger partial charge in [-0.3, -0.25) is 4.79 Å². The largest absolute Gasteiger partial charge is 0.274 e. The first-order chi connectivity index (χ1) is 10.2. The lowest BCUT2D eigenvalue weighted by atomic mass is 10.2. The molecule has 0 bridgehead atoms. The molecule has 0 spiro atoms. The summed E-state index contributed by atoms with van der Waals surface area (Å²) in [5.41, 5.74) is 2.33. The van der Waals surface area contributed by atoms with Gasteiger partial charge in [-0.25, -0.2) is 13.8 Å². The van der Waals surface area contributed by atoms with Crippen LogP contribution in [0, 0.1) is 5.82 Å². The molecule has 0 fully saturated rings. The van der Waals surface area contributed by atoms with Gasteiger partial charge in [0.25, 0.3) is 5.56 Å². The van der Waals surface area contributed by atoms with Gasteiger partial charge >= 0.3 is 0 Å². The smallest absolute Gasteiger partial charge is 0.267 e. The van der Waals surface area contributed by atoms with Crippen molar-refractivity contribution in [3.05, 3.63) is 74.8 Å². The van der Waals surface area contributed by atoms with Gasteiger partial charge in [-0.05, 0) is 35.9 Å². The fourth-order valence-corrected chi connectivity index (χ4v) is 3.31. The third-order valence-corrected chi connectivity index (χ3v) is 4.28. The number of imidazole rings is 1. The molecule has 0 amide bonds. The Labute approximate surface area is 122 Å². The fourth-order valence-electron chi connectivity index (χ4n) is 2.32. The highest BCUT2D eigenvalue weighted by Gasteiger charge is 2.10. The molecule has 4 aromatic rings. The summed E-state index contributed by atoms with van der Waals surface area (Å²) in [6, 6.07) is 13.6. The number of hydrogen-bond donors (Lipinski definition) is 0. The molecule has 0 aliphatic carbocycles. The second kappa shape index (κ2) is 4.49. The molecule has 0 saturated heterocycles. The van der Waals surface area contributed by atoms with Crippen molar-refractivity contribution in [2.45, 2.75) is 0 Å². The lowest BCUT2D eigenvalue weighted by Crippen LogP contribution is -2.22. The molecule has 3 nitrogen and oxygen atoms in total. The van der Waals surface area contributed by atoms with Crippen LogP contribution in [0.15, 0.2) is 53.3 Å². The maximum absolute atomic E-state index is 12.9. The molecule has 4 rings (SSSR count). The van der Waals surface area contributed by atoms with E-state index in [9.17, 15) is 9.18 Å². The molecule has 102 valence electrons. The summed E-state index contributed by atoms with van der Waals surface area (Å²) < 4.78 is 15.1. The van der Waals surface area contributed by atoms with Crippen molar-refractivity contribution < 1.29 is 4.39 Å². The number of halogens is 1. The first-order valence-electron chi connectivity index (χ1n) is 6.40. The number of benzene rings is 2. The Balaban J connectivity index is 2.00. The van der Waals surface area contributed by atoms with E-state index in [4.69, 9.17) is 0 Å². The van der Waals surface area contributed by atoms with Gasteiger partial charge in [-0.1, -0.05) is 35.6 Å². The van der Waals surface area contributed by atoms with Gasteiger partial charge in [0.05, 0.1) is 15.6 Å². The van der Waals surface area contributed by atoms with Gasteiger partial charge in [0.15, 0.2) is 4.96 Å². The molecule has 21 heavy (non-hydrogen) atoms. The summed E-state index contributed by atoms with van der Waals surface area (Å²) in [6.45, 7) is 0. The van der Waals surface area contributed by atoms with Crippen LogP contribution in [0.3, 0.4) is 0 Å². The number of nitrogens with zero attached hydrogens (tertiary/aromatic N) is 2. The van der Waals surface area contributed by atoms with Crippen molar-refractivity contribution in [3.63, 3.8) is 0 Å². The Morgan fingerprint density at radius 2 is 1.86 bits per heavy atom. The van der Waals surface area contributed by atoms with E-state index < -0.39 is 0 Å². The topological polar surface area (TPSA) is 34.4 Å². The Hall–Kier alpha value is -2.53. The highest BCUT2D eigenvalue weighted by Crippen LogP contribution is 2.15. The standard InChI is InChI=1S/C16H9FN2OS/c17-11-7-5-10(6-8-11)9-14-15(20)19-13-4-2-1-3-12(13)18-16(19)21-14/h1-9H. The normalized spacial score (nSPS) is 12.5. The van der Waals surface area contributed by atoms with E-state index >= 15 is 0 Å². The van der Waals surface area contributed by atoms with E-state index in [1.807, 2.05) is 24.3 Å². The Kier molecular flexibility index (Phi) is 2.62. The fraction of sp³-hybridized carbons (Fsp3) is 0. The lowest BCUT2D eigenvalue weighted by molar-refractivity contribution is 0.628. The lowest BCUT2D eigenvalue weighted by Gasteiger charge is -1.90. The summed E-state index contributed by atoms with van der Waals surface area (Å²) >= 11 is 1.34. The van der Waals surface area contributed by atoms with Crippen molar-refractivity contribution >= 4 is 33.4 Å². The molecule has 2 aromatic carbocycles. The van der Waals surface area contributed by atoms with Crippen molar-refractivity contribution in [2.24, 2.45) is 0 Å². The zero-order valence-corrected chi connectivity index (χ0v) is 11.6. The highest BCUT2D eigenvalue weighted by atomic mass is 32.1. The van der Waals surface area contributed by atoms with Gasteiger partial charge < -0.3 is 0 Å². The van der Waals surface area contributed by atoms with E-state index in [0.29, 0.717) is 9.49 Å². The molecule has 0 saturated carbocycles. The quantitative estimate of drug-likeness (QED) is 0.541. The van der Waals surface area contributed by atoms with Gasteiger partial charge in [0.1, 0.15) is 5.82 Å². The second-order valence-electron chi connectivity index (χ2n) is 4.69. The molecular formula is C16H9FN2OS. The Bertz CT molecular complexity index is 1060. The Morgan fingerprint density at radius 1 is 1.10 bits per heavy atom. The first kappa shape index (κ1) is 12.2. The Morgan fingerprint density at radius 3 is 2.67 bits per heavy atom. The van der Waals surface area contributed by atoms with Crippen LogP contribution in [0.4, 0.5) is 4.39 Å². The van der Waals surface area contributed by atoms with E-state index in [1.54, 1.807) is 22.6 Å². The van der Waals surface area contributed by atoms with Crippen molar-refractivity contribution in [2.75, 3.05) is 0 Å². The summed E-state index contributed by atoms with van der Waals surface area (Å²) in [5, 5.41) is 0. The number of aromatic nitrogens is 2. The summed E-state index contributed by atoms with van der Waals surface area (Å²) in [5.74, 6) is -0.290. The number of rotatable bonds is 1. The van der Waals surface area contributed by atoms with Crippen LogP contribution in [-0.4, -0.2) is 9.38 Å². The van der Waals surface area contributed by atoms with Gasteiger partial charge in [0, 0.05) is 0 Å². The molecule has 2 heterocycles. The number of fused-ring (bicyclic) bond motifs is 3. The predicted octanol–water partition coefficient (Wildman–Crippen LogP) is 2.60. The van der Waals surface area contributed by atoms with Crippen LogP contribution in [0.5, 0.6) is 0 Å². The zero-order valence-electron chi connectivity index (χ0n) is 10.8. The summed E-state index contributed by atoms with van der Waals surface area (Å²) in [4.78, 5) is 17.6. The van der Waals surface area contributed by atoms with E-state index in [1.165, 1.54) is 23.5 Å². The zero-order chi connectivity index (χ0) is 14.4. The van der Waals surface area contributed by atoms with Crippen LogP contribution in [-0.2, 0) is 0 Å². The maximum Gasteiger partial charge on any atom is 0.274 e. The molecular weight excluding hydrogens is 287 g/mol. The van der Waals surface area contributed by atoms with Crippen molar-refractivity contribution in [3.8, 4) is 0 Å². The molecule has 0 aliphatic heterocycles. The summed E-state index contributed by atoms with van der Waals surface area (Å²) in [7, 11) is 0. The van der Waals surface area contributed by atoms with Gasteiger partial charge in [-0.2, -0.15) is 0 Å². The van der Waals surface area contributed by atoms with E-state index in [-0.39, 0.29) is 11.4 Å². The average molecular weight is 296 g/mol. The first-order valence-corrected chi connectivity index (χ1v) is 7.21. The maximum atomic E-state index is 12.9. The minimum Gasteiger partial charge on any atom is -0.267 e. The van der Waals surface area contributed by atoms with Crippen LogP contribution >= 0.6 is 11.3 Å². The minimum atomic E-state index is -0.290. The van der Waals surface area contributed by atoms with Crippen molar-refractivity contribution in [1.29, 1.82) is 0 Å². The monoisotopic (exact) mass is 296 g/mol. The number of hydrogen-bond acceptors (Lipinski definition) is 3. The minimum absolute atomic E-state index is 0.0898. The van der Waals surface area contributed by atoms with Gasteiger partial charge in [-0.15, -0.1) is 0 Å². The number of para-hydroxylation sites is 2. The average Bonchev–Trinajstić information content (AvgIpc) is 2.99.